The first-order chi connectivity index (χ1) is 9.54. The van der Waals surface area contributed by atoms with E-state index < -0.39 is 0 Å². The van der Waals surface area contributed by atoms with Crippen LogP contribution in [0.3, 0.4) is 0 Å². The van der Waals surface area contributed by atoms with Crippen LogP contribution >= 0.6 is 0 Å². The lowest BCUT2D eigenvalue weighted by Crippen LogP contribution is -2.44. The molecule has 0 radical (unpaired) electrons. The maximum Gasteiger partial charge on any atom is 0.127 e. The number of hydrogen-bond acceptors (Lipinski definition) is 2. The SMILES string of the molecule is Cc1c(C)c2c(c(C)c1O)CCC(C)(CC[N+](C)(C)C)O2. The molecule has 2 rings (SSSR count). The van der Waals surface area contributed by atoms with Gasteiger partial charge in [0.1, 0.15) is 17.1 Å². The number of fused-ring (bicyclic) bond motifs is 1. The molecular formula is C18H30NO2+. The highest BCUT2D eigenvalue weighted by molar-refractivity contribution is 5.58. The fourth-order valence-corrected chi connectivity index (χ4v) is 3.04. The molecule has 1 aliphatic heterocycles. The van der Waals surface area contributed by atoms with E-state index in [1.807, 2.05) is 13.8 Å². The number of rotatable bonds is 3. The van der Waals surface area contributed by atoms with E-state index in [2.05, 4.69) is 35.0 Å². The van der Waals surface area contributed by atoms with Crippen molar-refractivity contribution in [1.29, 1.82) is 0 Å². The van der Waals surface area contributed by atoms with E-state index in [1.54, 1.807) is 0 Å². The third kappa shape index (κ3) is 3.18. The molecule has 0 saturated heterocycles. The Labute approximate surface area is 129 Å². The van der Waals surface area contributed by atoms with Gasteiger partial charge in [-0.15, -0.1) is 0 Å². The smallest absolute Gasteiger partial charge is 0.127 e. The van der Waals surface area contributed by atoms with Crippen molar-refractivity contribution in [3.8, 4) is 11.5 Å². The van der Waals surface area contributed by atoms with E-state index in [0.29, 0.717) is 5.75 Å². The summed E-state index contributed by atoms with van der Waals surface area (Å²) in [6.07, 6.45) is 3.06. The summed E-state index contributed by atoms with van der Waals surface area (Å²) in [4.78, 5) is 0. The van der Waals surface area contributed by atoms with E-state index >= 15 is 0 Å². The predicted octanol–water partition coefficient (Wildman–Crippen LogP) is 3.50. The van der Waals surface area contributed by atoms with Crippen LogP contribution in [0.5, 0.6) is 11.5 Å². The molecule has 1 unspecified atom stereocenters. The average Bonchev–Trinajstić information content (AvgIpc) is 2.40. The van der Waals surface area contributed by atoms with Crippen molar-refractivity contribution in [3.05, 3.63) is 22.3 Å². The fourth-order valence-electron chi connectivity index (χ4n) is 3.04. The lowest BCUT2D eigenvalue weighted by Gasteiger charge is -2.39. The number of benzene rings is 1. The molecule has 0 saturated carbocycles. The predicted molar refractivity (Wildman–Crippen MR) is 87.2 cm³/mol. The first kappa shape index (κ1) is 16.2. The molecule has 0 bridgehead atoms. The van der Waals surface area contributed by atoms with Gasteiger partial charge in [0.2, 0.25) is 0 Å². The maximum absolute atomic E-state index is 10.2. The number of phenols is 1. The lowest BCUT2D eigenvalue weighted by atomic mass is 9.85. The summed E-state index contributed by atoms with van der Waals surface area (Å²) in [7, 11) is 6.66. The average molecular weight is 292 g/mol. The second kappa shape index (κ2) is 5.20. The Balaban J connectivity index is 2.32. The summed E-state index contributed by atoms with van der Waals surface area (Å²) in [5.74, 6) is 1.45. The number of ether oxygens (including phenoxy) is 1. The number of phenolic OH excluding ortho intramolecular Hbond substituents is 1. The van der Waals surface area contributed by atoms with Gasteiger partial charge in [0.15, 0.2) is 0 Å². The van der Waals surface area contributed by atoms with Crippen molar-refractivity contribution < 1.29 is 14.3 Å². The zero-order valence-corrected chi connectivity index (χ0v) is 14.6. The highest BCUT2D eigenvalue weighted by Crippen LogP contribution is 2.44. The van der Waals surface area contributed by atoms with Crippen molar-refractivity contribution in [2.24, 2.45) is 0 Å². The van der Waals surface area contributed by atoms with Gasteiger partial charge in [-0.05, 0) is 57.2 Å². The highest BCUT2D eigenvalue weighted by Gasteiger charge is 2.35. The fraction of sp³-hybridized carbons (Fsp3) is 0.667. The van der Waals surface area contributed by atoms with Crippen LogP contribution in [0.15, 0.2) is 0 Å². The Hall–Kier alpha value is -1.22. The Morgan fingerprint density at radius 1 is 1.10 bits per heavy atom. The van der Waals surface area contributed by atoms with Crippen LogP contribution in [0.4, 0.5) is 0 Å². The summed E-state index contributed by atoms with van der Waals surface area (Å²) in [5.41, 5.74) is 4.12. The van der Waals surface area contributed by atoms with Gasteiger partial charge in [0.05, 0.1) is 27.7 Å². The minimum atomic E-state index is -0.0981. The summed E-state index contributed by atoms with van der Waals surface area (Å²) in [5, 5.41) is 10.2. The van der Waals surface area contributed by atoms with Crippen LogP contribution in [-0.2, 0) is 6.42 Å². The zero-order chi connectivity index (χ0) is 16.0. The quantitative estimate of drug-likeness (QED) is 0.864. The van der Waals surface area contributed by atoms with Crippen molar-refractivity contribution in [2.75, 3.05) is 27.7 Å². The normalized spacial score (nSPS) is 21.9. The van der Waals surface area contributed by atoms with Gasteiger partial charge in [-0.3, -0.25) is 0 Å². The largest absolute Gasteiger partial charge is 0.507 e. The molecular weight excluding hydrogens is 262 g/mol. The van der Waals surface area contributed by atoms with E-state index in [9.17, 15) is 5.11 Å². The van der Waals surface area contributed by atoms with E-state index in [0.717, 1.165) is 52.7 Å². The van der Waals surface area contributed by atoms with Gasteiger partial charge in [0.25, 0.3) is 0 Å². The third-order valence-corrected chi connectivity index (χ3v) is 4.90. The molecule has 0 aromatic heterocycles. The van der Waals surface area contributed by atoms with E-state index in [1.165, 1.54) is 5.56 Å². The molecule has 0 amide bonds. The van der Waals surface area contributed by atoms with Crippen LogP contribution < -0.4 is 4.74 Å². The van der Waals surface area contributed by atoms with Gasteiger partial charge in [-0.25, -0.2) is 0 Å². The molecule has 0 fully saturated rings. The van der Waals surface area contributed by atoms with Crippen molar-refractivity contribution >= 4 is 0 Å². The topological polar surface area (TPSA) is 29.5 Å². The molecule has 1 atom stereocenters. The van der Waals surface area contributed by atoms with Gasteiger partial charge in [-0.2, -0.15) is 0 Å². The third-order valence-electron chi connectivity index (χ3n) is 4.90. The highest BCUT2D eigenvalue weighted by atomic mass is 16.5. The number of hydrogen-bond donors (Lipinski definition) is 1. The van der Waals surface area contributed by atoms with Crippen LogP contribution in [0, 0.1) is 20.8 Å². The zero-order valence-electron chi connectivity index (χ0n) is 14.6. The summed E-state index contributed by atoms with van der Waals surface area (Å²) in [6.45, 7) is 9.35. The number of quaternary nitrogens is 1. The molecule has 21 heavy (non-hydrogen) atoms. The summed E-state index contributed by atoms with van der Waals surface area (Å²) >= 11 is 0. The maximum atomic E-state index is 10.2. The van der Waals surface area contributed by atoms with E-state index in [-0.39, 0.29) is 5.60 Å². The molecule has 1 heterocycles. The summed E-state index contributed by atoms with van der Waals surface area (Å²) in [6, 6.07) is 0. The summed E-state index contributed by atoms with van der Waals surface area (Å²) < 4.78 is 7.40. The minimum Gasteiger partial charge on any atom is -0.507 e. The van der Waals surface area contributed by atoms with Gasteiger partial charge in [-0.1, -0.05) is 0 Å². The van der Waals surface area contributed by atoms with Crippen LogP contribution in [0.25, 0.3) is 0 Å². The van der Waals surface area contributed by atoms with Crippen LogP contribution in [-0.4, -0.2) is 42.9 Å². The molecule has 3 nitrogen and oxygen atoms in total. The Kier molecular flexibility index (Phi) is 4.00. The molecule has 0 spiro atoms. The molecule has 1 aromatic rings. The Bertz CT molecular complexity index is 558. The lowest BCUT2D eigenvalue weighted by molar-refractivity contribution is -0.871. The number of nitrogens with zero attached hydrogens (tertiary/aromatic N) is 1. The van der Waals surface area contributed by atoms with Gasteiger partial charge < -0.3 is 14.3 Å². The van der Waals surface area contributed by atoms with Gasteiger partial charge >= 0.3 is 0 Å². The van der Waals surface area contributed by atoms with Crippen molar-refractivity contribution in [3.63, 3.8) is 0 Å². The van der Waals surface area contributed by atoms with Crippen LogP contribution in [0.1, 0.15) is 42.0 Å². The monoisotopic (exact) mass is 292 g/mol. The van der Waals surface area contributed by atoms with E-state index in [4.69, 9.17) is 4.74 Å². The second-order valence-corrected chi connectivity index (χ2v) is 7.85. The molecule has 1 aliphatic rings. The molecule has 1 N–H and O–H groups in total. The number of aromatic hydroxyl groups is 1. The minimum absolute atomic E-state index is 0.0981. The molecule has 118 valence electrons. The standard InChI is InChI=1S/C18H29NO2/c1-12-13(2)17-15(14(3)16(12)20)8-9-18(4,21-17)10-11-19(5,6)7/h8-11H2,1-7H3/p+1. The molecule has 1 aromatic carbocycles. The molecule has 3 heteroatoms. The molecule has 0 aliphatic carbocycles. The second-order valence-electron chi connectivity index (χ2n) is 7.85. The Morgan fingerprint density at radius 2 is 1.71 bits per heavy atom. The van der Waals surface area contributed by atoms with Crippen molar-refractivity contribution in [1.82, 2.24) is 0 Å². The first-order valence-electron chi connectivity index (χ1n) is 7.85. The Morgan fingerprint density at radius 3 is 2.29 bits per heavy atom. The van der Waals surface area contributed by atoms with Crippen LogP contribution in [0.2, 0.25) is 0 Å². The first-order valence-corrected chi connectivity index (χ1v) is 7.85. The van der Waals surface area contributed by atoms with Gasteiger partial charge in [0, 0.05) is 12.0 Å². The van der Waals surface area contributed by atoms with Crippen molar-refractivity contribution in [2.45, 2.75) is 52.6 Å².